The molecular formula is C23H22N4O4S. The van der Waals surface area contributed by atoms with Gasteiger partial charge in [0.05, 0.1) is 31.4 Å². The van der Waals surface area contributed by atoms with Crippen LogP contribution in [0.5, 0.6) is 0 Å². The lowest BCUT2D eigenvalue weighted by molar-refractivity contribution is -0.113. The van der Waals surface area contributed by atoms with E-state index in [2.05, 4.69) is 10.3 Å². The molecule has 164 valence electrons. The molecule has 0 bridgehead atoms. The molecule has 3 aromatic heterocycles. The molecule has 8 nitrogen and oxygen atoms in total. The van der Waals surface area contributed by atoms with Crippen LogP contribution < -0.4 is 5.32 Å². The van der Waals surface area contributed by atoms with Crippen LogP contribution in [-0.4, -0.2) is 32.0 Å². The standard InChI is InChI=1S/C23H22N4O4S/c1-26-11-10-24-23(26)32-16-21(28)25-18-8-6-17(7-9-18)22(29)27(14-19-4-2-12-30-19)15-20-5-3-13-31-20/h2-13H,14-16H2,1H3,(H,25,28). The number of thioether (sulfide) groups is 1. The first kappa shape index (κ1) is 21.5. The summed E-state index contributed by atoms with van der Waals surface area (Å²) in [6.07, 6.45) is 6.68. The minimum absolute atomic E-state index is 0.144. The lowest BCUT2D eigenvalue weighted by atomic mass is 10.1. The maximum absolute atomic E-state index is 13.1. The van der Waals surface area contributed by atoms with Gasteiger partial charge in [-0.2, -0.15) is 0 Å². The Balaban J connectivity index is 1.38. The second-order valence-corrected chi connectivity index (χ2v) is 8.00. The molecule has 0 aliphatic heterocycles. The van der Waals surface area contributed by atoms with Crippen molar-refractivity contribution in [1.29, 1.82) is 0 Å². The van der Waals surface area contributed by atoms with Gasteiger partial charge in [-0.1, -0.05) is 11.8 Å². The van der Waals surface area contributed by atoms with Gasteiger partial charge in [0.2, 0.25) is 5.91 Å². The lowest BCUT2D eigenvalue weighted by Gasteiger charge is -2.21. The van der Waals surface area contributed by atoms with Crippen molar-refractivity contribution in [2.45, 2.75) is 18.2 Å². The van der Waals surface area contributed by atoms with E-state index in [0.717, 1.165) is 5.16 Å². The van der Waals surface area contributed by atoms with E-state index >= 15 is 0 Å². The number of carbonyl (C=O) groups excluding carboxylic acids is 2. The van der Waals surface area contributed by atoms with E-state index in [0.29, 0.717) is 35.9 Å². The number of nitrogens with one attached hydrogen (secondary N) is 1. The Morgan fingerprint density at radius 2 is 1.69 bits per heavy atom. The van der Waals surface area contributed by atoms with Crippen LogP contribution in [0.2, 0.25) is 0 Å². The van der Waals surface area contributed by atoms with Gasteiger partial charge in [-0.3, -0.25) is 9.59 Å². The second-order valence-electron chi connectivity index (χ2n) is 7.05. The predicted octanol–water partition coefficient (Wildman–Crippen LogP) is 4.18. The summed E-state index contributed by atoms with van der Waals surface area (Å²) in [6.45, 7) is 0.630. The zero-order valence-electron chi connectivity index (χ0n) is 17.4. The number of nitrogens with zero attached hydrogens (tertiary/aromatic N) is 3. The summed E-state index contributed by atoms with van der Waals surface area (Å²) in [5, 5.41) is 3.61. The van der Waals surface area contributed by atoms with Gasteiger partial charge < -0.3 is 23.6 Å². The first-order valence-corrected chi connectivity index (χ1v) is 10.9. The van der Waals surface area contributed by atoms with Gasteiger partial charge in [-0.25, -0.2) is 4.98 Å². The molecule has 0 fully saturated rings. The number of aryl methyl sites for hydroxylation is 1. The summed E-state index contributed by atoms with van der Waals surface area (Å²) in [5.74, 6) is 1.29. The molecule has 0 unspecified atom stereocenters. The first-order chi connectivity index (χ1) is 15.6. The van der Waals surface area contributed by atoms with E-state index in [9.17, 15) is 9.59 Å². The Kier molecular flexibility index (Phi) is 6.76. The van der Waals surface area contributed by atoms with Gasteiger partial charge in [0.15, 0.2) is 5.16 Å². The summed E-state index contributed by atoms with van der Waals surface area (Å²) in [5.41, 5.74) is 1.12. The normalized spacial score (nSPS) is 10.8. The van der Waals surface area contributed by atoms with E-state index in [1.54, 1.807) is 60.0 Å². The number of aromatic nitrogens is 2. The van der Waals surface area contributed by atoms with Crippen molar-refractivity contribution in [2.75, 3.05) is 11.1 Å². The van der Waals surface area contributed by atoms with Crippen molar-refractivity contribution in [3.8, 4) is 0 Å². The SMILES string of the molecule is Cn1ccnc1SCC(=O)Nc1ccc(C(=O)N(Cc2ccco2)Cc2ccco2)cc1. The third kappa shape index (κ3) is 5.50. The number of rotatable bonds is 9. The summed E-state index contributed by atoms with van der Waals surface area (Å²) in [4.78, 5) is 31.2. The van der Waals surface area contributed by atoms with Crippen molar-refractivity contribution < 1.29 is 18.4 Å². The Morgan fingerprint density at radius 1 is 1.03 bits per heavy atom. The molecule has 0 spiro atoms. The van der Waals surface area contributed by atoms with E-state index in [1.807, 2.05) is 29.9 Å². The fourth-order valence-electron chi connectivity index (χ4n) is 3.08. The third-order valence-corrected chi connectivity index (χ3v) is 5.72. The average molecular weight is 451 g/mol. The van der Waals surface area contributed by atoms with Gasteiger partial charge >= 0.3 is 0 Å². The molecule has 0 saturated heterocycles. The summed E-state index contributed by atoms with van der Waals surface area (Å²) in [6, 6.07) is 14.0. The predicted molar refractivity (Wildman–Crippen MR) is 120 cm³/mol. The Bertz CT molecular complexity index is 1120. The maximum Gasteiger partial charge on any atom is 0.254 e. The van der Waals surface area contributed by atoms with Crippen molar-refractivity contribution >= 4 is 29.3 Å². The lowest BCUT2D eigenvalue weighted by Crippen LogP contribution is -2.29. The minimum Gasteiger partial charge on any atom is -0.467 e. The number of hydrogen-bond acceptors (Lipinski definition) is 6. The van der Waals surface area contributed by atoms with E-state index in [-0.39, 0.29) is 17.6 Å². The minimum atomic E-state index is -0.166. The van der Waals surface area contributed by atoms with Crippen LogP contribution in [0.4, 0.5) is 5.69 Å². The fraction of sp³-hybridized carbons (Fsp3) is 0.174. The molecule has 4 rings (SSSR count). The molecule has 0 aliphatic rings. The Morgan fingerprint density at radius 3 is 2.22 bits per heavy atom. The molecule has 3 heterocycles. The molecule has 32 heavy (non-hydrogen) atoms. The zero-order valence-corrected chi connectivity index (χ0v) is 18.2. The molecular weight excluding hydrogens is 428 g/mol. The number of benzene rings is 1. The molecule has 0 aliphatic carbocycles. The van der Waals surface area contributed by atoms with Gasteiger partial charge in [0.25, 0.3) is 5.91 Å². The summed E-state index contributed by atoms with van der Waals surface area (Å²) in [7, 11) is 1.88. The average Bonchev–Trinajstić information content (AvgIpc) is 3.56. The molecule has 0 radical (unpaired) electrons. The van der Waals surface area contributed by atoms with E-state index in [1.165, 1.54) is 11.8 Å². The maximum atomic E-state index is 13.1. The molecule has 0 atom stereocenters. The number of anilines is 1. The van der Waals surface area contributed by atoms with Crippen molar-refractivity contribution in [3.63, 3.8) is 0 Å². The first-order valence-electron chi connectivity index (χ1n) is 9.92. The summed E-state index contributed by atoms with van der Waals surface area (Å²) < 4.78 is 12.7. The van der Waals surface area contributed by atoms with Crippen LogP contribution in [0, 0.1) is 0 Å². The van der Waals surface area contributed by atoms with Crippen LogP contribution in [0.3, 0.4) is 0 Å². The van der Waals surface area contributed by atoms with E-state index in [4.69, 9.17) is 8.83 Å². The molecule has 1 N–H and O–H groups in total. The highest BCUT2D eigenvalue weighted by atomic mass is 32.2. The van der Waals surface area contributed by atoms with Gasteiger partial charge in [0.1, 0.15) is 11.5 Å². The van der Waals surface area contributed by atoms with Gasteiger partial charge in [0, 0.05) is 30.7 Å². The topological polar surface area (TPSA) is 93.5 Å². The van der Waals surface area contributed by atoms with Crippen molar-refractivity contribution in [2.24, 2.45) is 7.05 Å². The smallest absolute Gasteiger partial charge is 0.254 e. The summed E-state index contributed by atoms with van der Waals surface area (Å²) >= 11 is 1.36. The van der Waals surface area contributed by atoms with Crippen molar-refractivity contribution in [1.82, 2.24) is 14.5 Å². The van der Waals surface area contributed by atoms with Gasteiger partial charge in [-0.15, -0.1) is 0 Å². The highest BCUT2D eigenvalue weighted by molar-refractivity contribution is 7.99. The fourth-order valence-corrected chi connectivity index (χ4v) is 3.81. The Labute approximate surface area is 189 Å². The van der Waals surface area contributed by atoms with Crippen LogP contribution >= 0.6 is 11.8 Å². The van der Waals surface area contributed by atoms with Crippen LogP contribution in [0.15, 0.2) is 87.4 Å². The number of furan rings is 2. The molecule has 1 aromatic carbocycles. The van der Waals surface area contributed by atoms with Crippen molar-refractivity contribution in [3.05, 3.63) is 90.5 Å². The number of amides is 2. The highest BCUT2D eigenvalue weighted by Crippen LogP contribution is 2.18. The molecule has 2 amide bonds. The monoisotopic (exact) mass is 450 g/mol. The quantitative estimate of drug-likeness (QED) is 0.385. The number of hydrogen-bond donors (Lipinski definition) is 1. The Hall–Kier alpha value is -3.72. The largest absolute Gasteiger partial charge is 0.467 e. The number of imidazole rings is 1. The van der Waals surface area contributed by atoms with Crippen LogP contribution in [-0.2, 0) is 24.9 Å². The second kappa shape index (κ2) is 10.1. The zero-order chi connectivity index (χ0) is 22.3. The molecule has 0 saturated carbocycles. The van der Waals surface area contributed by atoms with Gasteiger partial charge in [-0.05, 0) is 48.5 Å². The van der Waals surface area contributed by atoms with Crippen LogP contribution in [0.1, 0.15) is 21.9 Å². The molecule has 4 aromatic rings. The highest BCUT2D eigenvalue weighted by Gasteiger charge is 2.19. The number of carbonyl (C=O) groups is 2. The van der Waals surface area contributed by atoms with E-state index < -0.39 is 0 Å². The molecule has 9 heteroatoms. The van der Waals surface area contributed by atoms with Crippen LogP contribution in [0.25, 0.3) is 0 Å². The third-order valence-electron chi connectivity index (χ3n) is 4.67.